The standard InChI is InChI=1S/C18H21ClN2O2/c1-12(2)23-15-9-7-14(8-10-15)21-18(22)11-20-17-6-4-5-16(19)13(17)3/h4-10,12,20H,11H2,1-3H3,(H,21,22). The first-order valence-corrected chi connectivity index (χ1v) is 7.89. The molecule has 0 heterocycles. The fourth-order valence-corrected chi connectivity index (χ4v) is 2.24. The lowest BCUT2D eigenvalue weighted by atomic mass is 10.2. The Labute approximate surface area is 141 Å². The van der Waals surface area contributed by atoms with Crippen molar-refractivity contribution in [3.05, 3.63) is 53.1 Å². The Hall–Kier alpha value is -2.20. The number of nitrogens with one attached hydrogen (secondary N) is 2. The first kappa shape index (κ1) is 17.2. The molecule has 0 aromatic heterocycles. The van der Waals surface area contributed by atoms with Gasteiger partial charge in [0.1, 0.15) is 5.75 Å². The monoisotopic (exact) mass is 332 g/mol. The third kappa shape index (κ3) is 5.18. The zero-order valence-electron chi connectivity index (χ0n) is 13.5. The first-order valence-electron chi connectivity index (χ1n) is 7.51. The SMILES string of the molecule is Cc1c(Cl)cccc1NCC(=O)Nc1ccc(OC(C)C)cc1. The van der Waals surface area contributed by atoms with Gasteiger partial charge in [-0.3, -0.25) is 4.79 Å². The highest BCUT2D eigenvalue weighted by Gasteiger charge is 2.06. The van der Waals surface area contributed by atoms with E-state index in [9.17, 15) is 4.79 Å². The molecule has 0 fully saturated rings. The second kappa shape index (κ2) is 7.88. The number of amides is 1. The molecule has 0 atom stereocenters. The van der Waals surface area contributed by atoms with E-state index in [1.54, 1.807) is 0 Å². The fraction of sp³-hybridized carbons (Fsp3) is 0.278. The van der Waals surface area contributed by atoms with Gasteiger partial charge in [-0.1, -0.05) is 17.7 Å². The van der Waals surface area contributed by atoms with E-state index in [0.717, 1.165) is 22.7 Å². The number of ether oxygens (including phenoxy) is 1. The molecule has 122 valence electrons. The summed E-state index contributed by atoms with van der Waals surface area (Å²) < 4.78 is 5.57. The molecule has 23 heavy (non-hydrogen) atoms. The van der Waals surface area contributed by atoms with Crippen LogP contribution in [-0.4, -0.2) is 18.6 Å². The first-order chi connectivity index (χ1) is 11.0. The number of anilines is 2. The van der Waals surface area contributed by atoms with Crippen LogP contribution in [0.25, 0.3) is 0 Å². The average molecular weight is 333 g/mol. The van der Waals surface area contributed by atoms with Crippen LogP contribution < -0.4 is 15.4 Å². The Kier molecular flexibility index (Phi) is 5.88. The van der Waals surface area contributed by atoms with Crippen molar-refractivity contribution in [2.75, 3.05) is 17.2 Å². The summed E-state index contributed by atoms with van der Waals surface area (Å²) in [6, 6.07) is 12.9. The minimum absolute atomic E-state index is 0.123. The van der Waals surface area contributed by atoms with Crippen LogP contribution in [0.3, 0.4) is 0 Å². The van der Waals surface area contributed by atoms with E-state index in [1.165, 1.54) is 0 Å². The van der Waals surface area contributed by atoms with E-state index in [0.29, 0.717) is 5.02 Å². The molecular formula is C18H21ClN2O2. The molecule has 0 unspecified atom stereocenters. The van der Waals surface area contributed by atoms with Crippen molar-refractivity contribution in [3.8, 4) is 5.75 Å². The molecule has 0 spiro atoms. The summed E-state index contributed by atoms with van der Waals surface area (Å²) >= 11 is 6.06. The number of hydrogen-bond donors (Lipinski definition) is 2. The third-order valence-electron chi connectivity index (χ3n) is 3.22. The van der Waals surface area contributed by atoms with Gasteiger partial charge in [0.2, 0.25) is 5.91 Å². The predicted octanol–water partition coefficient (Wildman–Crippen LogP) is 4.49. The van der Waals surface area contributed by atoms with Crippen molar-refractivity contribution in [1.29, 1.82) is 0 Å². The van der Waals surface area contributed by atoms with Crippen LogP contribution in [0.5, 0.6) is 5.75 Å². The average Bonchev–Trinajstić information content (AvgIpc) is 2.50. The highest BCUT2D eigenvalue weighted by molar-refractivity contribution is 6.31. The molecule has 0 bridgehead atoms. The van der Waals surface area contributed by atoms with E-state index in [1.807, 2.05) is 63.2 Å². The number of hydrogen-bond acceptors (Lipinski definition) is 3. The maximum atomic E-state index is 12.0. The summed E-state index contributed by atoms with van der Waals surface area (Å²) in [7, 11) is 0. The summed E-state index contributed by atoms with van der Waals surface area (Å²) in [5.74, 6) is 0.660. The second-order valence-corrected chi connectivity index (χ2v) is 5.91. The van der Waals surface area contributed by atoms with Crippen LogP contribution in [-0.2, 0) is 4.79 Å². The number of rotatable bonds is 6. The fourth-order valence-electron chi connectivity index (χ4n) is 2.07. The molecule has 0 aliphatic carbocycles. The normalized spacial score (nSPS) is 10.5. The van der Waals surface area contributed by atoms with E-state index in [4.69, 9.17) is 16.3 Å². The van der Waals surface area contributed by atoms with Crippen LogP contribution in [0.1, 0.15) is 19.4 Å². The Morgan fingerprint density at radius 3 is 2.52 bits per heavy atom. The zero-order chi connectivity index (χ0) is 16.8. The molecule has 2 aromatic rings. The molecule has 1 amide bonds. The van der Waals surface area contributed by atoms with Crippen molar-refractivity contribution in [3.63, 3.8) is 0 Å². The molecule has 5 heteroatoms. The molecule has 2 N–H and O–H groups in total. The van der Waals surface area contributed by atoms with Gasteiger partial charge < -0.3 is 15.4 Å². The lowest BCUT2D eigenvalue weighted by Crippen LogP contribution is -2.22. The van der Waals surface area contributed by atoms with Crippen LogP contribution in [0.15, 0.2) is 42.5 Å². The highest BCUT2D eigenvalue weighted by atomic mass is 35.5. The number of carbonyl (C=O) groups is 1. The predicted molar refractivity (Wildman–Crippen MR) is 95.5 cm³/mol. The van der Waals surface area contributed by atoms with Crippen LogP contribution >= 0.6 is 11.6 Å². The van der Waals surface area contributed by atoms with Gasteiger partial charge in [0.05, 0.1) is 12.6 Å². The minimum Gasteiger partial charge on any atom is -0.491 e. The van der Waals surface area contributed by atoms with Crippen molar-refractivity contribution in [2.45, 2.75) is 26.9 Å². The lowest BCUT2D eigenvalue weighted by Gasteiger charge is -2.12. The van der Waals surface area contributed by atoms with Crippen molar-refractivity contribution in [2.24, 2.45) is 0 Å². The molecule has 2 aromatic carbocycles. The molecule has 0 saturated carbocycles. The maximum Gasteiger partial charge on any atom is 0.243 e. The third-order valence-corrected chi connectivity index (χ3v) is 3.63. The lowest BCUT2D eigenvalue weighted by molar-refractivity contribution is -0.114. The molecule has 4 nitrogen and oxygen atoms in total. The minimum atomic E-state index is -0.123. The van der Waals surface area contributed by atoms with E-state index in [2.05, 4.69) is 10.6 Å². The number of halogens is 1. The van der Waals surface area contributed by atoms with Gasteiger partial charge in [0.15, 0.2) is 0 Å². The summed E-state index contributed by atoms with van der Waals surface area (Å²) in [4.78, 5) is 12.0. The molecule has 0 saturated heterocycles. The highest BCUT2D eigenvalue weighted by Crippen LogP contribution is 2.22. The Morgan fingerprint density at radius 1 is 1.17 bits per heavy atom. The number of carbonyl (C=O) groups excluding carboxylic acids is 1. The summed E-state index contributed by atoms with van der Waals surface area (Å²) in [6.07, 6.45) is 0.126. The Bertz CT molecular complexity index is 669. The van der Waals surface area contributed by atoms with Gasteiger partial charge in [-0.15, -0.1) is 0 Å². The quantitative estimate of drug-likeness (QED) is 0.819. The van der Waals surface area contributed by atoms with Crippen molar-refractivity contribution >= 4 is 28.9 Å². The molecule has 2 rings (SSSR count). The van der Waals surface area contributed by atoms with Gasteiger partial charge in [0.25, 0.3) is 0 Å². The van der Waals surface area contributed by atoms with Crippen LogP contribution in [0.2, 0.25) is 5.02 Å². The smallest absolute Gasteiger partial charge is 0.243 e. The largest absolute Gasteiger partial charge is 0.491 e. The Balaban J connectivity index is 1.88. The molecule has 0 aliphatic rings. The molecule has 0 radical (unpaired) electrons. The number of benzene rings is 2. The van der Waals surface area contributed by atoms with Gasteiger partial charge in [-0.25, -0.2) is 0 Å². The van der Waals surface area contributed by atoms with Crippen molar-refractivity contribution in [1.82, 2.24) is 0 Å². The van der Waals surface area contributed by atoms with E-state index >= 15 is 0 Å². The van der Waals surface area contributed by atoms with E-state index in [-0.39, 0.29) is 18.6 Å². The summed E-state index contributed by atoms with van der Waals surface area (Å²) in [5.41, 5.74) is 2.52. The Morgan fingerprint density at radius 2 is 1.87 bits per heavy atom. The van der Waals surface area contributed by atoms with Crippen molar-refractivity contribution < 1.29 is 9.53 Å². The topological polar surface area (TPSA) is 50.4 Å². The van der Waals surface area contributed by atoms with Gasteiger partial charge in [0, 0.05) is 16.4 Å². The molecule has 0 aliphatic heterocycles. The van der Waals surface area contributed by atoms with Gasteiger partial charge in [-0.05, 0) is 62.7 Å². The maximum absolute atomic E-state index is 12.0. The zero-order valence-corrected chi connectivity index (χ0v) is 14.3. The van der Waals surface area contributed by atoms with Gasteiger partial charge >= 0.3 is 0 Å². The van der Waals surface area contributed by atoms with E-state index < -0.39 is 0 Å². The summed E-state index contributed by atoms with van der Waals surface area (Å²) in [5, 5.41) is 6.60. The van der Waals surface area contributed by atoms with Gasteiger partial charge in [-0.2, -0.15) is 0 Å². The summed E-state index contributed by atoms with van der Waals surface area (Å²) in [6.45, 7) is 6.03. The van der Waals surface area contributed by atoms with Crippen LogP contribution in [0, 0.1) is 6.92 Å². The molecular weight excluding hydrogens is 312 g/mol. The second-order valence-electron chi connectivity index (χ2n) is 5.51. The van der Waals surface area contributed by atoms with Crippen LogP contribution in [0.4, 0.5) is 11.4 Å².